The minimum atomic E-state index is -3.83. The van der Waals surface area contributed by atoms with E-state index < -0.39 is 15.4 Å². The van der Waals surface area contributed by atoms with E-state index >= 15 is 0 Å². The first-order valence-electron chi connectivity index (χ1n) is 10.9. The molecular formula is C25H30ClN3O3S. The Labute approximate surface area is 201 Å². The van der Waals surface area contributed by atoms with Gasteiger partial charge in [0.15, 0.2) is 0 Å². The van der Waals surface area contributed by atoms with Gasteiger partial charge in [0.05, 0.1) is 10.3 Å². The third kappa shape index (κ3) is 5.42. The van der Waals surface area contributed by atoms with E-state index in [1.807, 2.05) is 24.3 Å². The molecule has 33 heavy (non-hydrogen) atoms. The molecular weight excluding hydrogens is 458 g/mol. The SMILES string of the molecule is CCN(CC)c1cccc2c(S(=O)(=O)Nc3ccc(NC(=O)C(C)(C)CCl)cc3)cccc12. The lowest BCUT2D eigenvalue weighted by Crippen LogP contribution is -2.32. The second kappa shape index (κ2) is 10.0. The van der Waals surface area contributed by atoms with Crippen molar-refractivity contribution < 1.29 is 13.2 Å². The van der Waals surface area contributed by atoms with Crippen molar-refractivity contribution in [1.29, 1.82) is 0 Å². The minimum Gasteiger partial charge on any atom is -0.372 e. The number of sulfonamides is 1. The Morgan fingerprint density at radius 2 is 1.48 bits per heavy atom. The lowest BCUT2D eigenvalue weighted by atomic mass is 9.95. The van der Waals surface area contributed by atoms with Gasteiger partial charge in [0.25, 0.3) is 10.0 Å². The summed E-state index contributed by atoms with van der Waals surface area (Å²) in [6.45, 7) is 9.33. The topological polar surface area (TPSA) is 78.5 Å². The molecule has 2 N–H and O–H groups in total. The predicted octanol–water partition coefficient (Wildman–Crippen LogP) is 5.69. The fraction of sp³-hybridized carbons (Fsp3) is 0.320. The number of nitrogens with zero attached hydrogens (tertiary/aromatic N) is 1. The second-order valence-electron chi connectivity index (χ2n) is 8.46. The molecule has 0 saturated carbocycles. The monoisotopic (exact) mass is 487 g/mol. The third-order valence-corrected chi connectivity index (χ3v) is 7.70. The molecule has 0 heterocycles. The van der Waals surface area contributed by atoms with Gasteiger partial charge in [0, 0.05) is 46.8 Å². The normalized spacial score (nSPS) is 11.9. The Morgan fingerprint density at radius 1 is 0.909 bits per heavy atom. The van der Waals surface area contributed by atoms with Crippen molar-refractivity contribution in [3.63, 3.8) is 0 Å². The first-order chi connectivity index (χ1) is 15.6. The molecule has 0 aromatic heterocycles. The maximum Gasteiger partial charge on any atom is 0.262 e. The van der Waals surface area contributed by atoms with E-state index in [1.54, 1.807) is 50.2 Å². The van der Waals surface area contributed by atoms with E-state index in [4.69, 9.17) is 11.6 Å². The molecule has 0 aliphatic heterocycles. The van der Waals surface area contributed by atoms with E-state index in [2.05, 4.69) is 28.8 Å². The zero-order valence-corrected chi connectivity index (χ0v) is 20.9. The van der Waals surface area contributed by atoms with Gasteiger partial charge in [-0.15, -0.1) is 11.6 Å². The van der Waals surface area contributed by atoms with E-state index in [1.165, 1.54) is 0 Å². The minimum absolute atomic E-state index is 0.192. The van der Waals surface area contributed by atoms with Gasteiger partial charge in [-0.05, 0) is 64.1 Å². The molecule has 0 bridgehead atoms. The van der Waals surface area contributed by atoms with Gasteiger partial charge in [0.1, 0.15) is 0 Å². The van der Waals surface area contributed by atoms with Crippen molar-refractivity contribution in [3.05, 3.63) is 60.7 Å². The Hall–Kier alpha value is -2.77. The molecule has 6 nitrogen and oxygen atoms in total. The van der Waals surface area contributed by atoms with Crippen LogP contribution in [-0.2, 0) is 14.8 Å². The number of hydrogen-bond donors (Lipinski definition) is 2. The molecule has 1 amide bonds. The molecule has 0 aliphatic rings. The van der Waals surface area contributed by atoms with Gasteiger partial charge in [-0.25, -0.2) is 8.42 Å². The van der Waals surface area contributed by atoms with Crippen LogP contribution in [0.25, 0.3) is 10.8 Å². The molecule has 176 valence electrons. The number of fused-ring (bicyclic) bond motifs is 1. The van der Waals surface area contributed by atoms with Gasteiger partial charge in [-0.1, -0.05) is 24.3 Å². The smallest absolute Gasteiger partial charge is 0.262 e. The first kappa shape index (κ1) is 24.9. The molecule has 3 aromatic carbocycles. The van der Waals surface area contributed by atoms with E-state index in [0.29, 0.717) is 16.8 Å². The summed E-state index contributed by atoms with van der Waals surface area (Å²) < 4.78 is 29.2. The number of halogens is 1. The Kier molecular flexibility index (Phi) is 7.55. The first-order valence-corrected chi connectivity index (χ1v) is 12.9. The van der Waals surface area contributed by atoms with Crippen molar-refractivity contribution in [2.45, 2.75) is 32.6 Å². The van der Waals surface area contributed by atoms with Crippen LogP contribution in [0.5, 0.6) is 0 Å². The van der Waals surface area contributed by atoms with Crippen molar-refractivity contribution in [1.82, 2.24) is 0 Å². The Bertz CT molecular complexity index is 1240. The summed E-state index contributed by atoms with van der Waals surface area (Å²) in [4.78, 5) is 14.7. The largest absolute Gasteiger partial charge is 0.372 e. The van der Waals surface area contributed by atoms with Crippen molar-refractivity contribution >= 4 is 55.4 Å². The number of hydrogen-bond acceptors (Lipinski definition) is 4. The zero-order chi connectivity index (χ0) is 24.2. The van der Waals surface area contributed by atoms with Crippen LogP contribution in [0.4, 0.5) is 17.1 Å². The number of nitrogens with one attached hydrogen (secondary N) is 2. The lowest BCUT2D eigenvalue weighted by Gasteiger charge is -2.23. The Morgan fingerprint density at radius 3 is 2.09 bits per heavy atom. The summed E-state index contributed by atoms with van der Waals surface area (Å²) in [5.74, 6) is -0.0110. The van der Waals surface area contributed by atoms with Crippen molar-refractivity contribution in [3.8, 4) is 0 Å². The van der Waals surface area contributed by atoms with Crippen LogP contribution in [0, 0.1) is 5.41 Å². The van der Waals surface area contributed by atoms with E-state index in [9.17, 15) is 13.2 Å². The average Bonchev–Trinajstić information content (AvgIpc) is 2.80. The van der Waals surface area contributed by atoms with Gasteiger partial charge in [-0.2, -0.15) is 0 Å². The average molecular weight is 488 g/mol. The highest BCUT2D eigenvalue weighted by Crippen LogP contribution is 2.32. The molecule has 0 aliphatic carbocycles. The molecule has 0 spiro atoms. The fourth-order valence-corrected chi connectivity index (χ4v) is 4.93. The number of rotatable bonds is 9. The van der Waals surface area contributed by atoms with Crippen molar-refractivity contribution in [2.24, 2.45) is 5.41 Å². The Balaban J connectivity index is 1.88. The van der Waals surface area contributed by atoms with Crippen molar-refractivity contribution in [2.75, 3.05) is 33.9 Å². The van der Waals surface area contributed by atoms with Gasteiger partial charge in [-0.3, -0.25) is 9.52 Å². The highest BCUT2D eigenvalue weighted by molar-refractivity contribution is 7.93. The van der Waals surface area contributed by atoms with Crippen LogP contribution in [0.2, 0.25) is 0 Å². The number of benzene rings is 3. The summed E-state index contributed by atoms with van der Waals surface area (Å²) in [7, 11) is -3.83. The van der Waals surface area contributed by atoms with Crippen LogP contribution in [-0.4, -0.2) is 33.3 Å². The van der Waals surface area contributed by atoms with Crippen LogP contribution >= 0.6 is 11.6 Å². The molecule has 0 radical (unpaired) electrons. The molecule has 3 aromatic rings. The quantitative estimate of drug-likeness (QED) is 0.380. The summed E-state index contributed by atoms with van der Waals surface area (Å²) >= 11 is 5.86. The van der Waals surface area contributed by atoms with Gasteiger partial charge < -0.3 is 10.2 Å². The summed E-state index contributed by atoms with van der Waals surface area (Å²) in [6.07, 6.45) is 0. The highest BCUT2D eigenvalue weighted by atomic mass is 35.5. The molecule has 0 unspecified atom stereocenters. The number of carbonyl (C=O) groups excluding carboxylic acids is 1. The molecule has 8 heteroatoms. The molecule has 0 saturated heterocycles. The summed E-state index contributed by atoms with van der Waals surface area (Å²) in [5, 5.41) is 4.36. The maximum atomic E-state index is 13.3. The van der Waals surface area contributed by atoms with E-state index in [-0.39, 0.29) is 16.7 Å². The van der Waals surface area contributed by atoms with Crippen LogP contribution in [0.3, 0.4) is 0 Å². The predicted molar refractivity (Wildman–Crippen MR) is 138 cm³/mol. The summed E-state index contributed by atoms with van der Waals surface area (Å²) in [6, 6.07) is 17.6. The van der Waals surface area contributed by atoms with Gasteiger partial charge in [0.2, 0.25) is 5.91 Å². The summed E-state index contributed by atoms with van der Waals surface area (Å²) in [5.41, 5.74) is 1.27. The standard InChI is InChI=1S/C25H30ClN3O3S/c1-5-29(6-2)22-11-7-10-21-20(22)9-8-12-23(21)33(31,32)28-19-15-13-18(14-16-19)27-24(30)25(3,4)17-26/h7-16,28H,5-6,17H2,1-4H3,(H,27,30). The highest BCUT2D eigenvalue weighted by Gasteiger charge is 2.26. The zero-order valence-electron chi connectivity index (χ0n) is 19.4. The third-order valence-electron chi connectivity index (χ3n) is 5.60. The number of alkyl halides is 1. The van der Waals surface area contributed by atoms with Crippen LogP contribution in [0.15, 0.2) is 65.6 Å². The lowest BCUT2D eigenvalue weighted by molar-refractivity contribution is -0.122. The second-order valence-corrected chi connectivity index (χ2v) is 10.4. The number of carbonyl (C=O) groups is 1. The number of amides is 1. The van der Waals surface area contributed by atoms with Crippen LogP contribution < -0.4 is 14.9 Å². The van der Waals surface area contributed by atoms with E-state index in [0.717, 1.165) is 24.2 Å². The molecule has 3 rings (SSSR count). The van der Waals surface area contributed by atoms with Crippen LogP contribution in [0.1, 0.15) is 27.7 Å². The number of anilines is 3. The molecule has 0 fully saturated rings. The maximum absolute atomic E-state index is 13.3. The van der Waals surface area contributed by atoms with Gasteiger partial charge >= 0.3 is 0 Å². The fourth-order valence-electron chi connectivity index (χ4n) is 3.53. The molecule has 0 atom stereocenters.